The molecule has 4 nitrogen and oxygen atoms in total. The van der Waals surface area contributed by atoms with Gasteiger partial charge in [0, 0.05) is 19.3 Å². The summed E-state index contributed by atoms with van der Waals surface area (Å²) in [6.07, 6.45) is 3.43. The third-order valence-electron chi connectivity index (χ3n) is 2.58. The van der Waals surface area contributed by atoms with Gasteiger partial charge in [0.1, 0.15) is 5.82 Å². The van der Waals surface area contributed by atoms with Crippen LogP contribution >= 0.6 is 0 Å². The quantitative estimate of drug-likeness (QED) is 0.765. The van der Waals surface area contributed by atoms with Crippen LogP contribution in [0.25, 0.3) is 0 Å². The molecule has 0 aliphatic rings. The van der Waals surface area contributed by atoms with E-state index in [1.807, 2.05) is 0 Å². The van der Waals surface area contributed by atoms with Crippen LogP contribution in [0.2, 0.25) is 0 Å². The van der Waals surface area contributed by atoms with Gasteiger partial charge in [-0.1, -0.05) is 13.3 Å². The third kappa shape index (κ3) is 3.87. The van der Waals surface area contributed by atoms with Crippen LogP contribution in [-0.2, 0) is 0 Å². The van der Waals surface area contributed by atoms with Crippen LogP contribution in [0.4, 0.5) is 5.82 Å². The van der Waals surface area contributed by atoms with Crippen LogP contribution in [-0.4, -0.2) is 23.2 Å². The fraction of sp³-hybridized carbons (Fsp3) is 0.500. The molecule has 1 aromatic rings. The zero-order chi connectivity index (χ0) is 11.8. The van der Waals surface area contributed by atoms with Crippen molar-refractivity contribution in [1.29, 1.82) is 5.26 Å². The first-order valence-corrected chi connectivity index (χ1v) is 5.51. The Labute approximate surface area is 95.9 Å². The van der Waals surface area contributed by atoms with Crippen LogP contribution in [0.3, 0.4) is 0 Å². The maximum Gasteiger partial charge on any atom is 0.127 e. The second-order valence-corrected chi connectivity index (χ2v) is 3.71. The van der Waals surface area contributed by atoms with Crippen molar-refractivity contribution in [3.8, 4) is 6.07 Å². The van der Waals surface area contributed by atoms with Crippen molar-refractivity contribution in [1.82, 2.24) is 4.98 Å². The lowest BCUT2D eigenvalue weighted by atomic mass is 10.0. The zero-order valence-electron chi connectivity index (χ0n) is 9.48. The fourth-order valence-electron chi connectivity index (χ4n) is 1.48. The molecule has 1 rings (SSSR count). The number of anilines is 1. The molecular formula is C12H17N3O. The molecule has 0 saturated carbocycles. The highest BCUT2D eigenvalue weighted by atomic mass is 16.3. The highest BCUT2D eigenvalue weighted by molar-refractivity contribution is 5.42. The Morgan fingerprint density at radius 2 is 2.44 bits per heavy atom. The fourth-order valence-corrected chi connectivity index (χ4v) is 1.48. The van der Waals surface area contributed by atoms with Crippen molar-refractivity contribution < 1.29 is 5.11 Å². The highest BCUT2D eigenvalue weighted by Gasteiger charge is 2.05. The molecule has 0 unspecified atom stereocenters. The number of hydrogen-bond acceptors (Lipinski definition) is 4. The lowest BCUT2D eigenvalue weighted by Gasteiger charge is -2.14. The van der Waals surface area contributed by atoms with E-state index in [9.17, 15) is 0 Å². The summed E-state index contributed by atoms with van der Waals surface area (Å²) >= 11 is 0. The molecule has 0 fully saturated rings. The molecule has 86 valence electrons. The van der Waals surface area contributed by atoms with Gasteiger partial charge in [-0.15, -0.1) is 0 Å². The first kappa shape index (κ1) is 12.5. The number of aliphatic hydroxyl groups excluding tert-OH is 1. The number of pyridine rings is 1. The molecule has 4 heteroatoms. The SMILES string of the molecule is CC[C@@H](CCO)CNc1cc(C#N)ccn1. The summed E-state index contributed by atoms with van der Waals surface area (Å²) in [4.78, 5) is 4.13. The molecule has 1 heterocycles. The predicted octanol–water partition coefficient (Wildman–Crippen LogP) is 1.77. The number of rotatable bonds is 6. The van der Waals surface area contributed by atoms with Gasteiger partial charge < -0.3 is 10.4 Å². The maximum atomic E-state index is 8.86. The van der Waals surface area contributed by atoms with Crippen molar-refractivity contribution in [2.75, 3.05) is 18.5 Å². The first-order chi connectivity index (χ1) is 7.80. The van der Waals surface area contributed by atoms with E-state index in [0.717, 1.165) is 25.2 Å². The Bertz CT molecular complexity index is 360. The minimum Gasteiger partial charge on any atom is -0.396 e. The van der Waals surface area contributed by atoms with E-state index in [0.29, 0.717) is 11.5 Å². The van der Waals surface area contributed by atoms with Gasteiger partial charge in [-0.05, 0) is 24.5 Å². The Kier molecular flexibility index (Phi) is 5.30. The summed E-state index contributed by atoms with van der Waals surface area (Å²) in [5, 5.41) is 20.8. The molecule has 0 spiro atoms. The Morgan fingerprint density at radius 3 is 3.06 bits per heavy atom. The summed E-state index contributed by atoms with van der Waals surface area (Å²) in [5.41, 5.74) is 0.604. The monoisotopic (exact) mass is 219 g/mol. The van der Waals surface area contributed by atoms with Crippen LogP contribution in [0.15, 0.2) is 18.3 Å². The number of nitriles is 1. The largest absolute Gasteiger partial charge is 0.396 e. The van der Waals surface area contributed by atoms with Crippen LogP contribution in [0.5, 0.6) is 0 Å². The molecule has 2 N–H and O–H groups in total. The second kappa shape index (κ2) is 6.81. The summed E-state index contributed by atoms with van der Waals surface area (Å²) in [6, 6.07) is 5.48. The van der Waals surface area contributed by atoms with Crippen LogP contribution < -0.4 is 5.32 Å². The summed E-state index contributed by atoms with van der Waals surface area (Å²) in [5.74, 6) is 1.16. The van der Waals surface area contributed by atoms with Crippen molar-refractivity contribution in [3.63, 3.8) is 0 Å². The van der Waals surface area contributed by atoms with Gasteiger partial charge in [-0.25, -0.2) is 4.98 Å². The van der Waals surface area contributed by atoms with E-state index in [-0.39, 0.29) is 6.61 Å². The third-order valence-corrected chi connectivity index (χ3v) is 2.58. The van der Waals surface area contributed by atoms with Gasteiger partial charge in [-0.2, -0.15) is 5.26 Å². The standard InChI is InChI=1S/C12H17N3O/c1-2-10(4-6-16)9-15-12-7-11(8-13)3-5-14-12/h3,5,7,10,16H,2,4,6,9H2,1H3,(H,14,15)/t10-/m0/s1. The number of aliphatic hydroxyl groups is 1. The second-order valence-electron chi connectivity index (χ2n) is 3.71. The number of hydrogen-bond donors (Lipinski definition) is 2. The van der Waals surface area contributed by atoms with E-state index in [1.165, 1.54) is 0 Å². The molecule has 1 aromatic heterocycles. The van der Waals surface area contributed by atoms with E-state index in [2.05, 4.69) is 23.3 Å². The summed E-state index contributed by atoms with van der Waals surface area (Å²) in [7, 11) is 0. The molecular weight excluding hydrogens is 202 g/mol. The average molecular weight is 219 g/mol. The van der Waals surface area contributed by atoms with E-state index in [1.54, 1.807) is 18.3 Å². The van der Waals surface area contributed by atoms with E-state index >= 15 is 0 Å². The Hall–Kier alpha value is -1.60. The van der Waals surface area contributed by atoms with Gasteiger partial charge in [0.25, 0.3) is 0 Å². The lowest BCUT2D eigenvalue weighted by Crippen LogP contribution is -2.15. The average Bonchev–Trinajstić information content (AvgIpc) is 2.34. The predicted molar refractivity (Wildman–Crippen MR) is 62.9 cm³/mol. The minimum atomic E-state index is 0.214. The molecule has 16 heavy (non-hydrogen) atoms. The summed E-state index contributed by atoms with van der Waals surface area (Å²) < 4.78 is 0. The van der Waals surface area contributed by atoms with Crippen LogP contribution in [0.1, 0.15) is 25.3 Å². The van der Waals surface area contributed by atoms with Gasteiger partial charge in [0.05, 0.1) is 11.6 Å². The highest BCUT2D eigenvalue weighted by Crippen LogP contribution is 2.10. The normalized spacial score (nSPS) is 11.8. The molecule has 0 bridgehead atoms. The molecule has 0 saturated heterocycles. The summed E-state index contributed by atoms with van der Waals surface area (Å²) in [6.45, 7) is 3.09. The minimum absolute atomic E-state index is 0.214. The van der Waals surface area contributed by atoms with E-state index < -0.39 is 0 Å². The van der Waals surface area contributed by atoms with Gasteiger partial charge in [0.2, 0.25) is 0 Å². The molecule has 1 atom stereocenters. The van der Waals surface area contributed by atoms with Gasteiger partial charge in [-0.3, -0.25) is 0 Å². The zero-order valence-corrected chi connectivity index (χ0v) is 9.48. The molecule has 0 amide bonds. The number of nitrogens with zero attached hydrogens (tertiary/aromatic N) is 2. The van der Waals surface area contributed by atoms with Crippen molar-refractivity contribution in [3.05, 3.63) is 23.9 Å². The van der Waals surface area contributed by atoms with Crippen molar-refractivity contribution in [2.45, 2.75) is 19.8 Å². The number of nitrogens with one attached hydrogen (secondary N) is 1. The van der Waals surface area contributed by atoms with Crippen molar-refractivity contribution >= 4 is 5.82 Å². The Balaban J connectivity index is 2.50. The van der Waals surface area contributed by atoms with Crippen LogP contribution in [0, 0.1) is 17.2 Å². The topological polar surface area (TPSA) is 68.9 Å². The maximum absolute atomic E-state index is 8.86. The molecule has 0 aliphatic carbocycles. The first-order valence-electron chi connectivity index (χ1n) is 5.51. The number of aromatic nitrogens is 1. The lowest BCUT2D eigenvalue weighted by molar-refractivity contribution is 0.258. The van der Waals surface area contributed by atoms with Gasteiger partial charge >= 0.3 is 0 Å². The van der Waals surface area contributed by atoms with Gasteiger partial charge in [0.15, 0.2) is 0 Å². The Morgan fingerprint density at radius 1 is 1.62 bits per heavy atom. The molecule has 0 aliphatic heterocycles. The van der Waals surface area contributed by atoms with Crippen molar-refractivity contribution in [2.24, 2.45) is 5.92 Å². The van der Waals surface area contributed by atoms with E-state index in [4.69, 9.17) is 10.4 Å². The molecule has 0 aromatic carbocycles. The molecule has 0 radical (unpaired) electrons. The smallest absolute Gasteiger partial charge is 0.127 e.